The molecule has 0 saturated heterocycles. The zero-order valence-electron chi connectivity index (χ0n) is 15.3. The molecule has 0 saturated carbocycles. The third-order valence-electron chi connectivity index (χ3n) is 4.20. The minimum absolute atomic E-state index is 0.127. The highest BCUT2D eigenvalue weighted by Gasteiger charge is 2.16. The lowest BCUT2D eigenvalue weighted by atomic mass is 10.2. The topological polar surface area (TPSA) is 74.3 Å². The number of thioether (sulfide) groups is 1. The van der Waals surface area contributed by atoms with Crippen molar-refractivity contribution in [1.82, 2.24) is 9.55 Å². The van der Waals surface area contributed by atoms with Crippen molar-refractivity contribution in [3.05, 3.63) is 87.6 Å². The van der Waals surface area contributed by atoms with Crippen molar-refractivity contribution >= 4 is 40.2 Å². The van der Waals surface area contributed by atoms with Crippen LogP contribution in [0.25, 0.3) is 16.6 Å². The second-order valence-electron chi connectivity index (χ2n) is 6.08. The van der Waals surface area contributed by atoms with E-state index in [2.05, 4.69) is 9.72 Å². The van der Waals surface area contributed by atoms with E-state index in [0.717, 1.165) is 0 Å². The number of aromatic nitrogens is 2. The van der Waals surface area contributed by atoms with Gasteiger partial charge in [0.1, 0.15) is 5.76 Å². The molecule has 0 aliphatic heterocycles. The number of nitrogens with zero attached hydrogens (tertiary/aromatic N) is 2. The molecule has 0 atom stereocenters. The number of carbonyl (C=O) groups is 1. The summed E-state index contributed by atoms with van der Waals surface area (Å²) < 4.78 is 11.7. The van der Waals surface area contributed by atoms with Gasteiger partial charge in [0.2, 0.25) is 5.76 Å². The molecular weight excluding hydrogens is 412 g/mol. The number of methoxy groups -OCH3 is 1. The first-order chi connectivity index (χ1) is 14.1. The third kappa shape index (κ3) is 3.92. The van der Waals surface area contributed by atoms with Crippen LogP contribution in [-0.2, 0) is 10.5 Å². The minimum atomic E-state index is -0.541. The number of hydrogen-bond acceptors (Lipinski definition) is 6. The number of halogens is 1. The van der Waals surface area contributed by atoms with Crippen LogP contribution in [0, 0.1) is 0 Å². The summed E-state index contributed by atoms with van der Waals surface area (Å²) >= 11 is 7.46. The first-order valence-electron chi connectivity index (χ1n) is 8.64. The summed E-state index contributed by atoms with van der Waals surface area (Å²) in [6.07, 6.45) is 0. The molecule has 0 unspecified atom stereocenters. The monoisotopic (exact) mass is 426 g/mol. The summed E-state index contributed by atoms with van der Waals surface area (Å²) in [6.45, 7) is 0. The molecule has 4 aromatic rings. The molecule has 0 aliphatic rings. The van der Waals surface area contributed by atoms with Crippen molar-refractivity contribution in [2.24, 2.45) is 0 Å². The molecule has 0 radical (unpaired) electrons. The van der Waals surface area contributed by atoms with E-state index in [4.69, 9.17) is 16.0 Å². The summed E-state index contributed by atoms with van der Waals surface area (Å²) in [5.41, 5.74) is 1.04. The van der Waals surface area contributed by atoms with Crippen LogP contribution in [0.2, 0.25) is 5.02 Å². The number of esters is 1. The van der Waals surface area contributed by atoms with Crippen molar-refractivity contribution in [2.45, 2.75) is 10.9 Å². The van der Waals surface area contributed by atoms with E-state index < -0.39 is 5.97 Å². The Bertz CT molecular complexity index is 1270. The molecule has 6 nitrogen and oxygen atoms in total. The van der Waals surface area contributed by atoms with E-state index in [1.54, 1.807) is 54.6 Å². The zero-order valence-corrected chi connectivity index (χ0v) is 16.9. The summed E-state index contributed by atoms with van der Waals surface area (Å²) in [5, 5.41) is 1.53. The molecule has 0 bridgehead atoms. The molecule has 8 heteroatoms. The molecule has 146 valence electrons. The molecule has 0 amide bonds. The van der Waals surface area contributed by atoms with Gasteiger partial charge in [-0.3, -0.25) is 9.36 Å². The highest BCUT2D eigenvalue weighted by atomic mass is 35.5. The number of para-hydroxylation sites is 1. The summed E-state index contributed by atoms with van der Waals surface area (Å²) in [5.74, 6) is 0.528. The van der Waals surface area contributed by atoms with Gasteiger partial charge in [0.15, 0.2) is 5.16 Å². The lowest BCUT2D eigenvalue weighted by Gasteiger charge is -2.13. The highest BCUT2D eigenvalue weighted by Crippen LogP contribution is 2.26. The third-order valence-corrected chi connectivity index (χ3v) is 5.40. The molecule has 0 N–H and O–H groups in total. The van der Waals surface area contributed by atoms with E-state index in [-0.39, 0.29) is 11.3 Å². The van der Waals surface area contributed by atoms with E-state index >= 15 is 0 Å². The van der Waals surface area contributed by atoms with Gasteiger partial charge >= 0.3 is 5.97 Å². The van der Waals surface area contributed by atoms with Crippen LogP contribution in [0.15, 0.2) is 75.0 Å². The second kappa shape index (κ2) is 8.14. The van der Waals surface area contributed by atoms with Gasteiger partial charge in [0, 0.05) is 5.02 Å². The van der Waals surface area contributed by atoms with Gasteiger partial charge in [-0.25, -0.2) is 9.78 Å². The van der Waals surface area contributed by atoms with Gasteiger partial charge in [0.25, 0.3) is 5.56 Å². The van der Waals surface area contributed by atoms with Crippen molar-refractivity contribution in [2.75, 3.05) is 7.11 Å². The van der Waals surface area contributed by atoms with Crippen molar-refractivity contribution < 1.29 is 13.9 Å². The van der Waals surface area contributed by atoms with Gasteiger partial charge in [-0.2, -0.15) is 0 Å². The maximum atomic E-state index is 13.2. The molecule has 4 rings (SSSR count). The zero-order chi connectivity index (χ0) is 20.4. The molecule has 2 heterocycles. The SMILES string of the molecule is COC(=O)c1ccc(CSc2nc3ccccc3c(=O)n2-c2cccc(Cl)c2)o1. The normalized spacial score (nSPS) is 11.0. The van der Waals surface area contributed by atoms with Crippen LogP contribution >= 0.6 is 23.4 Å². The highest BCUT2D eigenvalue weighted by molar-refractivity contribution is 7.98. The molecule has 29 heavy (non-hydrogen) atoms. The van der Waals surface area contributed by atoms with E-state index in [1.165, 1.54) is 23.4 Å². The number of ether oxygens (including phenoxy) is 1. The number of hydrogen-bond donors (Lipinski definition) is 0. The predicted molar refractivity (Wildman–Crippen MR) is 112 cm³/mol. The molecule has 0 fully saturated rings. The first-order valence-corrected chi connectivity index (χ1v) is 10.0. The largest absolute Gasteiger partial charge is 0.463 e. The number of carbonyl (C=O) groups excluding carboxylic acids is 1. The maximum Gasteiger partial charge on any atom is 0.373 e. The van der Waals surface area contributed by atoms with Crippen molar-refractivity contribution in [1.29, 1.82) is 0 Å². The molecule has 2 aromatic heterocycles. The van der Waals surface area contributed by atoms with E-state index in [0.29, 0.717) is 38.3 Å². The molecule has 2 aromatic carbocycles. The Morgan fingerprint density at radius 3 is 2.79 bits per heavy atom. The quantitative estimate of drug-likeness (QED) is 0.261. The van der Waals surface area contributed by atoms with Crippen LogP contribution in [0.5, 0.6) is 0 Å². The fourth-order valence-electron chi connectivity index (χ4n) is 2.85. The second-order valence-corrected chi connectivity index (χ2v) is 7.46. The predicted octanol–water partition coefficient (Wildman–Crippen LogP) is 4.71. The Labute approximate surface area is 175 Å². The first kappa shape index (κ1) is 19.3. The fraction of sp³-hybridized carbons (Fsp3) is 0.0952. The summed E-state index contributed by atoms with van der Waals surface area (Å²) in [4.78, 5) is 29.4. The average Bonchev–Trinajstić information content (AvgIpc) is 3.21. The lowest BCUT2D eigenvalue weighted by Crippen LogP contribution is -2.21. The van der Waals surface area contributed by atoms with Crippen LogP contribution in [0.4, 0.5) is 0 Å². The fourth-order valence-corrected chi connectivity index (χ4v) is 3.94. The van der Waals surface area contributed by atoms with Gasteiger partial charge in [-0.05, 0) is 42.5 Å². The number of rotatable bonds is 5. The summed E-state index contributed by atoms with van der Waals surface area (Å²) in [7, 11) is 1.29. The Morgan fingerprint density at radius 1 is 1.17 bits per heavy atom. The maximum absolute atomic E-state index is 13.2. The average molecular weight is 427 g/mol. The Balaban J connectivity index is 1.76. The van der Waals surface area contributed by atoms with Crippen LogP contribution in [-0.4, -0.2) is 22.6 Å². The van der Waals surface area contributed by atoms with Crippen molar-refractivity contribution in [3.8, 4) is 5.69 Å². The Morgan fingerprint density at radius 2 is 2.00 bits per heavy atom. The Hall–Kier alpha value is -3.03. The van der Waals surface area contributed by atoms with Gasteiger partial charge in [-0.15, -0.1) is 0 Å². The standard InChI is InChI=1S/C21H15ClN2O4S/c1-27-20(26)18-10-9-15(28-18)12-29-21-23-17-8-3-2-7-16(17)19(25)24(21)14-6-4-5-13(22)11-14/h2-11H,12H2,1H3. The number of benzene rings is 2. The van der Waals surface area contributed by atoms with Crippen LogP contribution < -0.4 is 5.56 Å². The number of fused-ring (bicyclic) bond motifs is 1. The van der Waals surface area contributed by atoms with Gasteiger partial charge in [-0.1, -0.05) is 41.6 Å². The smallest absolute Gasteiger partial charge is 0.373 e. The van der Waals surface area contributed by atoms with Crippen molar-refractivity contribution in [3.63, 3.8) is 0 Å². The summed E-state index contributed by atoms with van der Waals surface area (Å²) in [6, 6.07) is 17.5. The molecule has 0 spiro atoms. The molecule has 0 aliphatic carbocycles. The van der Waals surface area contributed by atoms with Gasteiger partial charge < -0.3 is 9.15 Å². The minimum Gasteiger partial charge on any atom is -0.463 e. The van der Waals surface area contributed by atoms with E-state index in [9.17, 15) is 9.59 Å². The lowest BCUT2D eigenvalue weighted by molar-refractivity contribution is 0.0563. The van der Waals surface area contributed by atoms with Gasteiger partial charge in [0.05, 0.1) is 29.5 Å². The van der Waals surface area contributed by atoms with Crippen LogP contribution in [0.1, 0.15) is 16.3 Å². The molecular formula is C21H15ClN2O4S. The Kier molecular flexibility index (Phi) is 5.42. The number of furan rings is 1. The van der Waals surface area contributed by atoms with Crippen LogP contribution in [0.3, 0.4) is 0 Å². The van der Waals surface area contributed by atoms with E-state index in [1.807, 2.05) is 6.07 Å².